The van der Waals surface area contributed by atoms with E-state index in [-0.39, 0.29) is 40.3 Å². The quantitative estimate of drug-likeness (QED) is 0.122. The number of benzene rings is 3. The lowest BCUT2D eigenvalue weighted by Crippen LogP contribution is -2.40. The predicted octanol–water partition coefficient (Wildman–Crippen LogP) is 7.75. The first-order chi connectivity index (χ1) is 20.5. The first kappa shape index (κ1) is 31.3. The fourth-order valence-corrected chi connectivity index (χ4v) is 7.02. The Labute approximate surface area is 250 Å². The van der Waals surface area contributed by atoms with Crippen LogP contribution in [0.3, 0.4) is 0 Å². The molecule has 1 aliphatic rings. The van der Waals surface area contributed by atoms with E-state index in [9.17, 15) is 39.6 Å². The summed E-state index contributed by atoms with van der Waals surface area (Å²) in [5.41, 5.74) is -2.34. The Morgan fingerprint density at radius 2 is 1.64 bits per heavy atom. The van der Waals surface area contributed by atoms with Crippen molar-refractivity contribution in [2.75, 3.05) is 4.31 Å². The van der Waals surface area contributed by atoms with Gasteiger partial charge >= 0.3 is 18.5 Å². The van der Waals surface area contributed by atoms with E-state index in [1.54, 1.807) is 24.3 Å². The van der Waals surface area contributed by atoms with E-state index in [4.69, 9.17) is 14.3 Å². The number of halogens is 6. The van der Waals surface area contributed by atoms with E-state index in [1.807, 2.05) is 0 Å². The molecule has 16 heteroatoms. The van der Waals surface area contributed by atoms with Crippen LogP contribution in [0.1, 0.15) is 28.1 Å². The summed E-state index contributed by atoms with van der Waals surface area (Å²) in [5, 5.41) is 9.12. The van der Waals surface area contributed by atoms with E-state index in [0.29, 0.717) is 22.6 Å². The highest BCUT2D eigenvalue weighted by atomic mass is 32.2. The van der Waals surface area contributed by atoms with Crippen LogP contribution in [0.5, 0.6) is 0 Å². The van der Waals surface area contributed by atoms with Crippen molar-refractivity contribution in [1.29, 1.82) is 0 Å². The summed E-state index contributed by atoms with van der Waals surface area (Å²) in [6.07, 6.45) is -12.9. The lowest BCUT2D eigenvalue weighted by Gasteiger charge is -2.25. The lowest BCUT2D eigenvalue weighted by atomic mass is 10.0. The SMILES string of the molecule is Cc1oc(-c2cc(C(F)(F)F)cc(C(F)(F)F)c2)nc1CSc1ccc(S(=O)(=O)N2c3ccccc3C[C@H]2OC(=O)O)cc1. The highest BCUT2D eigenvalue weighted by Gasteiger charge is 2.41. The largest absolute Gasteiger partial charge is 0.507 e. The molecular weight excluding hydrogens is 638 g/mol. The molecule has 8 nitrogen and oxygen atoms in total. The summed E-state index contributed by atoms with van der Waals surface area (Å²) in [6.45, 7) is 1.46. The highest BCUT2D eigenvalue weighted by Crippen LogP contribution is 2.40. The van der Waals surface area contributed by atoms with Gasteiger partial charge in [-0.25, -0.2) is 22.5 Å². The third-order valence-corrected chi connectivity index (χ3v) is 9.45. The van der Waals surface area contributed by atoms with Crippen molar-refractivity contribution < 1.29 is 53.8 Å². The number of hydrogen-bond donors (Lipinski definition) is 1. The van der Waals surface area contributed by atoms with Gasteiger partial charge in [0.15, 0.2) is 6.23 Å². The number of sulfonamides is 1. The number of rotatable bonds is 7. The van der Waals surface area contributed by atoms with E-state index >= 15 is 0 Å². The number of nitrogens with zero attached hydrogens (tertiary/aromatic N) is 2. The summed E-state index contributed by atoms with van der Waals surface area (Å²) >= 11 is 1.17. The van der Waals surface area contributed by atoms with Gasteiger partial charge < -0.3 is 14.3 Å². The van der Waals surface area contributed by atoms with Crippen molar-refractivity contribution in [2.45, 2.75) is 47.5 Å². The molecule has 0 saturated carbocycles. The fraction of sp³-hybridized carbons (Fsp3) is 0.214. The van der Waals surface area contributed by atoms with Crippen LogP contribution < -0.4 is 4.31 Å². The average molecular weight is 659 g/mol. The second kappa shape index (κ2) is 11.4. The number of hydrogen-bond acceptors (Lipinski definition) is 7. The Hall–Kier alpha value is -4.18. The van der Waals surface area contributed by atoms with Gasteiger partial charge in [0.2, 0.25) is 5.89 Å². The van der Waals surface area contributed by atoms with Crippen LogP contribution in [0.25, 0.3) is 11.5 Å². The van der Waals surface area contributed by atoms with Gasteiger partial charge in [-0.3, -0.25) is 0 Å². The number of thioether (sulfide) groups is 1. The van der Waals surface area contributed by atoms with Crippen molar-refractivity contribution in [1.82, 2.24) is 4.98 Å². The number of ether oxygens (including phenoxy) is 1. The Balaban J connectivity index is 1.35. The summed E-state index contributed by atoms with van der Waals surface area (Å²) in [5.74, 6) is -0.143. The average Bonchev–Trinajstić information content (AvgIpc) is 3.50. The number of aromatic nitrogens is 1. The minimum Gasteiger partial charge on any atom is -0.450 e. The molecule has 0 unspecified atom stereocenters. The first-order valence-corrected chi connectivity index (χ1v) is 15.0. The van der Waals surface area contributed by atoms with Crippen LogP contribution in [0.15, 0.2) is 80.9 Å². The minimum atomic E-state index is -5.03. The molecular formula is C28H20F6N2O6S2. The molecule has 4 aromatic rings. The summed E-state index contributed by atoms with van der Waals surface area (Å²) < 4.78 is 118. The van der Waals surface area contributed by atoms with Crippen LogP contribution in [0.2, 0.25) is 0 Å². The number of alkyl halides is 6. The molecule has 0 spiro atoms. The van der Waals surface area contributed by atoms with Crippen molar-refractivity contribution >= 4 is 33.6 Å². The molecule has 44 heavy (non-hydrogen) atoms. The Morgan fingerprint density at radius 1 is 1.02 bits per heavy atom. The van der Waals surface area contributed by atoms with E-state index < -0.39 is 57.3 Å². The zero-order valence-corrected chi connectivity index (χ0v) is 23.9. The third-order valence-electron chi connectivity index (χ3n) is 6.61. The van der Waals surface area contributed by atoms with Gasteiger partial charge in [0, 0.05) is 22.6 Å². The van der Waals surface area contributed by atoms with Gasteiger partial charge in [0.05, 0.1) is 27.4 Å². The lowest BCUT2D eigenvalue weighted by molar-refractivity contribution is -0.143. The molecule has 0 aliphatic carbocycles. The predicted molar refractivity (Wildman–Crippen MR) is 145 cm³/mol. The number of carbonyl (C=O) groups is 1. The van der Waals surface area contributed by atoms with Gasteiger partial charge in [0.25, 0.3) is 10.0 Å². The maximum atomic E-state index is 13.5. The Bertz CT molecular complexity index is 1790. The van der Waals surface area contributed by atoms with Crippen LogP contribution in [-0.2, 0) is 39.3 Å². The molecule has 0 radical (unpaired) electrons. The van der Waals surface area contributed by atoms with Crippen LogP contribution >= 0.6 is 11.8 Å². The van der Waals surface area contributed by atoms with E-state index in [2.05, 4.69) is 4.98 Å². The standard InChI is InChI=1S/C28H20F6N2O6S2/c1-15-22(35-25(41-15)17-10-18(27(29,30)31)13-19(11-17)28(32,33)34)14-43-20-6-8-21(9-7-20)44(39,40)36-23-5-3-2-4-16(23)12-24(36)42-26(37)38/h2-11,13,24H,12,14H2,1H3,(H,37,38)/t24-/m1/s1. The first-order valence-electron chi connectivity index (χ1n) is 12.5. The number of oxazole rings is 1. The van der Waals surface area contributed by atoms with Gasteiger partial charge in [-0.15, -0.1) is 11.8 Å². The molecule has 2 heterocycles. The zero-order chi connectivity index (χ0) is 32.0. The molecule has 3 aromatic carbocycles. The van der Waals surface area contributed by atoms with Crippen molar-refractivity contribution in [2.24, 2.45) is 0 Å². The number of aryl methyl sites for hydroxylation is 1. The van der Waals surface area contributed by atoms with Gasteiger partial charge in [-0.1, -0.05) is 18.2 Å². The van der Waals surface area contributed by atoms with Gasteiger partial charge in [0.1, 0.15) is 5.76 Å². The molecule has 232 valence electrons. The van der Waals surface area contributed by atoms with Crippen LogP contribution in [-0.4, -0.2) is 30.9 Å². The molecule has 1 aromatic heterocycles. The topological polar surface area (TPSA) is 110 Å². The van der Waals surface area contributed by atoms with Crippen molar-refractivity contribution in [3.63, 3.8) is 0 Å². The molecule has 1 aliphatic heterocycles. The molecule has 0 fully saturated rings. The number of fused-ring (bicyclic) bond motifs is 1. The smallest absolute Gasteiger partial charge is 0.450 e. The maximum absolute atomic E-state index is 13.5. The molecule has 1 atom stereocenters. The maximum Gasteiger partial charge on any atom is 0.507 e. The molecule has 0 saturated heterocycles. The molecule has 0 amide bonds. The summed E-state index contributed by atoms with van der Waals surface area (Å²) in [4.78, 5) is 15.8. The third kappa shape index (κ3) is 6.36. The normalized spacial score (nSPS) is 15.3. The highest BCUT2D eigenvalue weighted by molar-refractivity contribution is 7.98. The van der Waals surface area contributed by atoms with Crippen molar-refractivity contribution in [3.05, 3.63) is 94.9 Å². The zero-order valence-electron chi connectivity index (χ0n) is 22.3. The molecule has 1 N–H and O–H groups in total. The second-order valence-electron chi connectivity index (χ2n) is 9.55. The van der Waals surface area contributed by atoms with Crippen LogP contribution in [0.4, 0.5) is 36.8 Å². The summed E-state index contributed by atoms with van der Waals surface area (Å²) in [7, 11) is -4.24. The minimum absolute atomic E-state index is 0.0156. The monoisotopic (exact) mass is 658 g/mol. The van der Waals surface area contributed by atoms with Crippen molar-refractivity contribution in [3.8, 4) is 11.5 Å². The van der Waals surface area contributed by atoms with E-state index in [0.717, 1.165) is 4.31 Å². The Morgan fingerprint density at radius 3 is 2.23 bits per heavy atom. The summed E-state index contributed by atoms with van der Waals surface area (Å²) in [6, 6.07) is 13.2. The van der Waals surface area contributed by atoms with Gasteiger partial charge in [-0.05, 0) is 61.0 Å². The fourth-order valence-electron chi connectivity index (χ4n) is 4.55. The van der Waals surface area contributed by atoms with E-state index in [1.165, 1.54) is 43.0 Å². The van der Waals surface area contributed by atoms with Crippen LogP contribution in [0, 0.1) is 6.92 Å². The number of carboxylic acid groups (broad SMARTS) is 1. The molecule has 0 bridgehead atoms. The second-order valence-corrected chi connectivity index (χ2v) is 12.4. The molecule has 5 rings (SSSR count). The number of anilines is 1. The van der Waals surface area contributed by atoms with Gasteiger partial charge in [-0.2, -0.15) is 26.3 Å². The Kier molecular flexibility index (Phi) is 8.09. The number of para-hydroxylation sites is 1.